The van der Waals surface area contributed by atoms with Crippen molar-refractivity contribution in [2.75, 3.05) is 0 Å². The van der Waals surface area contributed by atoms with Gasteiger partial charge in [0.15, 0.2) is 0 Å². The summed E-state index contributed by atoms with van der Waals surface area (Å²) in [4.78, 5) is 4.16. The molecule has 15 heavy (non-hydrogen) atoms. The SMILES string of the molecule is Cc1cc(-c2ccc(O)c(C)c2)ccn1. The van der Waals surface area contributed by atoms with Crippen LogP contribution < -0.4 is 0 Å². The van der Waals surface area contributed by atoms with E-state index in [0.29, 0.717) is 5.75 Å². The first-order valence-electron chi connectivity index (χ1n) is 4.89. The largest absolute Gasteiger partial charge is 0.508 e. The topological polar surface area (TPSA) is 33.1 Å². The zero-order valence-electron chi connectivity index (χ0n) is 8.86. The lowest BCUT2D eigenvalue weighted by Gasteiger charge is -2.05. The molecule has 0 spiro atoms. The van der Waals surface area contributed by atoms with Gasteiger partial charge in [0, 0.05) is 11.9 Å². The van der Waals surface area contributed by atoms with Crippen molar-refractivity contribution in [2.45, 2.75) is 13.8 Å². The van der Waals surface area contributed by atoms with E-state index < -0.39 is 0 Å². The van der Waals surface area contributed by atoms with Gasteiger partial charge in [0.05, 0.1) is 0 Å². The van der Waals surface area contributed by atoms with Crippen LogP contribution >= 0.6 is 0 Å². The van der Waals surface area contributed by atoms with Crippen molar-refractivity contribution >= 4 is 0 Å². The van der Waals surface area contributed by atoms with Crippen LogP contribution in [0.15, 0.2) is 36.5 Å². The number of aromatic nitrogens is 1. The summed E-state index contributed by atoms with van der Waals surface area (Å²) in [6.07, 6.45) is 1.80. The second-order valence-corrected chi connectivity index (χ2v) is 3.69. The minimum atomic E-state index is 0.338. The Morgan fingerprint density at radius 1 is 1.00 bits per heavy atom. The van der Waals surface area contributed by atoms with Gasteiger partial charge in [-0.1, -0.05) is 6.07 Å². The first-order chi connectivity index (χ1) is 7.16. The molecule has 1 heterocycles. The van der Waals surface area contributed by atoms with E-state index in [2.05, 4.69) is 4.98 Å². The van der Waals surface area contributed by atoms with Crippen molar-refractivity contribution in [1.29, 1.82) is 0 Å². The highest BCUT2D eigenvalue weighted by Gasteiger charge is 2.01. The van der Waals surface area contributed by atoms with Crippen LogP contribution in [0, 0.1) is 13.8 Å². The Morgan fingerprint density at radius 3 is 2.40 bits per heavy atom. The fourth-order valence-corrected chi connectivity index (χ4v) is 1.56. The van der Waals surface area contributed by atoms with Crippen molar-refractivity contribution < 1.29 is 5.11 Å². The Kier molecular flexibility index (Phi) is 2.42. The fourth-order valence-electron chi connectivity index (χ4n) is 1.56. The minimum Gasteiger partial charge on any atom is -0.508 e. The summed E-state index contributed by atoms with van der Waals surface area (Å²) < 4.78 is 0. The van der Waals surface area contributed by atoms with Crippen LogP contribution in [0.4, 0.5) is 0 Å². The molecule has 0 atom stereocenters. The number of aromatic hydroxyl groups is 1. The molecule has 2 nitrogen and oxygen atoms in total. The molecule has 0 saturated carbocycles. The van der Waals surface area contributed by atoms with E-state index in [0.717, 1.165) is 22.4 Å². The first kappa shape index (κ1) is 9.71. The molecule has 0 radical (unpaired) electrons. The molecule has 0 amide bonds. The number of hydrogen-bond donors (Lipinski definition) is 1. The zero-order valence-corrected chi connectivity index (χ0v) is 8.86. The third kappa shape index (κ3) is 1.99. The summed E-state index contributed by atoms with van der Waals surface area (Å²) in [5.74, 6) is 0.338. The molecule has 0 bridgehead atoms. The Bertz CT molecular complexity index is 492. The van der Waals surface area contributed by atoms with Crippen LogP contribution in [-0.4, -0.2) is 10.1 Å². The number of phenols is 1. The molecule has 0 aliphatic rings. The lowest BCUT2D eigenvalue weighted by molar-refractivity contribution is 0.471. The Balaban J connectivity index is 2.50. The quantitative estimate of drug-likeness (QED) is 0.765. The van der Waals surface area contributed by atoms with Gasteiger partial charge in [0.25, 0.3) is 0 Å². The minimum absolute atomic E-state index is 0.338. The lowest BCUT2D eigenvalue weighted by atomic mass is 10.0. The van der Waals surface area contributed by atoms with Gasteiger partial charge >= 0.3 is 0 Å². The second kappa shape index (κ2) is 3.73. The highest BCUT2D eigenvalue weighted by molar-refractivity contribution is 5.65. The monoisotopic (exact) mass is 199 g/mol. The molecule has 0 saturated heterocycles. The van der Waals surface area contributed by atoms with Gasteiger partial charge < -0.3 is 5.11 Å². The third-order valence-electron chi connectivity index (χ3n) is 2.43. The zero-order chi connectivity index (χ0) is 10.8. The maximum absolute atomic E-state index is 9.43. The summed E-state index contributed by atoms with van der Waals surface area (Å²) in [6.45, 7) is 3.86. The first-order valence-corrected chi connectivity index (χ1v) is 4.89. The van der Waals surface area contributed by atoms with Crippen molar-refractivity contribution in [3.05, 3.63) is 47.8 Å². The highest BCUT2D eigenvalue weighted by atomic mass is 16.3. The van der Waals surface area contributed by atoms with Gasteiger partial charge in [0.2, 0.25) is 0 Å². The predicted octanol–water partition coefficient (Wildman–Crippen LogP) is 3.07. The normalized spacial score (nSPS) is 10.3. The number of phenolic OH excluding ortho intramolecular Hbond substituents is 1. The Labute approximate surface area is 89.2 Å². The van der Waals surface area contributed by atoms with E-state index in [-0.39, 0.29) is 0 Å². The smallest absolute Gasteiger partial charge is 0.118 e. The summed E-state index contributed by atoms with van der Waals surface area (Å²) in [5.41, 5.74) is 4.13. The van der Waals surface area contributed by atoms with Crippen LogP contribution in [0.3, 0.4) is 0 Å². The van der Waals surface area contributed by atoms with Crippen molar-refractivity contribution in [1.82, 2.24) is 4.98 Å². The van der Waals surface area contributed by atoms with E-state index in [1.54, 1.807) is 12.3 Å². The molecule has 0 aliphatic carbocycles. The number of rotatable bonds is 1. The van der Waals surface area contributed by atoms with E-state index in [4.69, 9.17) is 0 Å². The second-order valence-electron chi connectivity index (χ2n) is 3.69. The Hall–Kier alpha value is -1.83. The van der Waals surface area contributed by atoms with Crippen LogP contribution in [0.25, 0.3) is 11.1 Å². The number of aryl methyl sites for hydroxylation is 2. The molecule has 0 fully saturated rings. The molecular weight excluding hydrogens is 186 g/mol. The number of nitrogens with zero attached hydrogens (tertiary/aromatic N) is 1. The van der Waals surface area contributed by atoms with Crippen molar-refractivity contribution in [3.63, 3.8) is 0 Å². The summed E-state index contributed by atoms with van der Waals surface area (Å²) in [7, 11) is 0. The van der Waals surface area contributed by atoms with Crippen LogP contribution in [-0.2, 0) is 0 Å². The summed E-state index contributed by atoms with van der Waals surface area (Å²) in [5, 5.41) is 9.43. The maximum atomic E-state index is 9.43. The van der Waals surface area contributed by atoms with E-state index in [1.165, 1.54) is 0 Å². The number of benzene rings is 1. The number of hydrogen-bond acceptors (Lipinski definition) is 2. The maximum Gasteiger partial charge on any atom is 0.118 e. The summed E-state index contributed by atoms with van der Waals surface area (Å²) in [6, 6.07) is 9.62. The van der Waals surface area contributed by atoms with Crippen LogP contribution in [0.5, 0.6) is 5.75 Å². The molecule has 1 N–H and O–H groups in total. The van der Waals surface area contributed by atoms with Gasteiger partial charge in [-0.3, -0.25) is 4.98 Å². The lowest BCUT2D eigenvalue weighted by Crippen LogP contribution is -1.84. The molecule has 1 aromatic heterocycles. The van der Waals surface area contributed by atoms with Gasteiger partial charge in [-0.05, 0) is 54.8 Å². The molecule has 2 aromatic rings. The van der Waals surface area contributed by atoms with Crippen LogP contribution in [0.1, 0.15) is 11.3 Å². The molecule has 76 valence electrons. The van der Waals surface area contributed by atoms with E-state index in [1.807, 2.05) is 38.1 Å². The molecule has 2 heteroatoms. The fraction of sp³-hybridized carbons (Fsp3) is 0.154. The van der Waals surface area contributed by atoms with E-state index >= 15 is 0 Å². The van der Waals surface area contributed by atoms with Gasteiger partial charge in [-0.2, -0.15) is 0 Å². The standard InChI is InChI=1S/C13H13NO/c1-9-7-11(3-4-13(9)15)12-5-6-14-10(2)8-12/h3-8,15H,1-2H3. The molecular formula is C13H13NO. The van der Waals surface area contributed by atoms with Crippen molar-refractivity contribution in [3.8, 4) is 16.9 Å². The van der Waals surface area contributed by atoms with Gasteiger partial charge in [-0.15, -0.1) is 0 Å². The average Bonchev–Trinajstić information content (AvgIpc) is 2.22. The van der Waals surface area contributed by atoms with E-state index in [9.17, 15) is 5.11 Å². The van der Waals surface area contributed by atoms with Gasteiger partial charge in [0.1, 0.15) is 5.75 Å². The summed E-state index contributed by atoms with van der Waals surface area (Å²) >= 11 is 0. The van der Waals surface area contributed by atoms with Crippen molar-refractivity contribution in [2.24, 2.45) is 0 Å². The third-order valence-corrected chi connectivity index (χ3v) is 2.43. The molecule has 0 aliphatic heterocycles. The predicted molar refractivity (Wildman–Crippen MR) is 60.8 cm³/mol. The average molecular weight is 199 g/mol. The van der Waals surface area contributed by atoms with Gasteiger partial charge in [-0.25, -0.2) is 0 Å². The number of pyridine rings is 1. The highest BCUT2D eigenvalue weighted by Crippen LogP contribution is 2.25. The molecule has 1 aromatic carbocycles. The molecule has 2 rings (SSSR count). The molecule has 0 unspecified atom stereocenters. The Morgan fingerprint density at radius 2 is 1.73 bits per heavy atom. The van der Waals surface area contributed by atoms with Crippen LogP contribution in [0.2, 0.25) is 0 Å².